The first-order valence-corrected chi connectivity index (χ1v) is 7.89. The minimum Gasteiger partial charge on any atom is -0.318 e. The Morgan fingerprint density at radius 3 is 2.29 bits per heavy atom. The SMILES string of the molecule is C[C@@]1(c2ccccc2)NC(=O)N(N=Cc2c(Cl)cccc2Cl)C1=O. The largest absolute Gasteiger partial charge is 0.346 e. The third-order valence-electron chi connectivity index (χ3n) is 3.82. The summed E-state index contributed by atoms with van der Waals surface area (Å²) in [4.78, 5) is 24.9. The zero-order valence-electron chi connectivity index (χ0n) is 12.7. The molecular weight excluding hydrogens is 349 g/mol. The van der Waals surface area contributed by atoms with Gasteiger partial charge in [-0.25, -0.2) is 4.79 Å². The van der Waals surface area contributed by atoms with Gasteiger partial charge in [0.2, 0.25) is 0 Å². The van der Waals surface area contributed by atoms with Gasteiger partial charge >= 0.3 is 6.03 Å². The standard InChI is InChI=1S/C17H13Cl2N3O2/c1-17(11-6-3-2-4-7-11)15(23)22(16(24)21-17)20-10-12-13(18)8-5-9-14(12)19/h2-10H,1H3,(H,21,24)/t17-/m0/s1. The van der Waals surface area contributed by atoms with Gasteiger partial charge in [0.05, 0.1) is 16.3 Å². The Kier molecular flexibility index (Phi) is 4.30. The van der Waals surface area contributed by atoms with Crippen molar-refractivity contribution in [3.63, 3.8) is 0 Å². The second kappa shape index (κ2) is 6.26. The van der Waals surface area contributed by atoms with Gasteiger partial charge in [0.1, 0.15) is 5.54 Å². The van der Waals surface area contributed by atoms with Crippen molar-refractivity contribution in [1.29, 1.82) is 0 Å². The number of amides is 3. The molecule has 122 valence electrons. The van der Waals surface area contributed by atoms with Crippen LogP contribution in [0.2, 0.25) is 10.0 Å². The molecule has 3 amide bonds. The molecule has 0 bridgehead atoms. The van der Waals surface area contributed by atoms with E-state index < -0.39 is 17.5 Å². The lowest BCUT2D eigenvalue weighted by molar-refractivity contribution is -0.131. The normalized spacial score (nSPS) is 20.7. The Bertz CT molecular complexity index is 819. The number of urea groups is 1. The van der Waals surface area contributed by atoms with Gasteiger partial charge in [0.15, 0.2) is 0 Å². The van der Waals surface area contributed by atoms with E-state index in [2.05, 4.69) is 10.4 Å². The summed E-state index contributed by atoms with van der Waals surface area (Å²) in [5.41, 5.74) is -0.0495. The minimum absolute atomic E-state index is 0.379. The van der Waals surface area contributed by atoms with E-state index in [-0.39, 0.29) is 0 Å². The van der Waals surface area contributed by atoms with Gasteiger partial charge < -0.3 is 5.32 Å². The second-order valence-corrected chi connectivity index (χ2v) is 6.23. The first kappa shape index (κ1) is 16.5. The number of imide groups is 1. The van der Waals surface area contributed by atoms with E-state index in [9.17, 15) is 9.59 Å². The predicted molar refractivity (Wildman–Crippen MR) is 93.2 cm³/mol. The fraction of sp³-hybridized carbons (Fsp3) is 0.118. The second-order valence-electron chi connectivity index (χ2n) is 5.42. The molecule has 2 aromatic rings. The summed E-state index contributed by atoms with van der Waals surface area (Å²) in [6.07, 6.45) is 1.30. The molecule has 5 nitrogen and oxygen atoms in total. The molecule has 1 aliphatic heterocycles. The molecule has 0 spiro atoms. The summed E-state index contributed by atoms with van der Waals surface area (Å²) in [5.74, 6) is -0.474. The summed E-state index contributed by atoms with van der Waals surface area (Å²) >= 11 is 12.1. The summed E-state index contributed by atoms with van der Waals surface area (Å²) in [6, 6.07) is 13.4. The predicted octanol–water partition coefficient (Wildman–Crippen LogP) is 3.79. The monoisotopic (exact) mass is 361 g/mol. The van der Waals surface area contributed by atoms with Crippen LogP contribution >= 0.6 is 23.2 Å². The highest BCUT2D eigenvalue weighted by molar-refractivity contribution is 6.38. The molecule has 7 heteroatoms. The molecule has 0 radical (unpaired) electrons. The molecule has 2 aromatic carbocycles. The molecule has 0 saturated carbocycles. The van der Waals surface area contributed by atoms with Gasteiger partial charge in [-0.05, 0) is 24.6 Å². The fourth-order valence-electron chi connectivity index (χ4n) is 2.45. The van der Waals surface area contributed by atoms with Crippen LogP contribution in [0.15, 0.2) is 53.6 Å². The van der Waals surface area contributed by atoms with Crippen molar-refractivity contribution in [3.8, 4) is 0 Å². The summed E-state index contributed by atoms with van der Waals surface area (Å²) in [5, 5.41) is 8.19. The van der Waals surface area contributed by atoms with Crippen molar-refractivity contribution < 1.29 is 9.59 Å². The number of hydrazone groups is 1. The van der Waals surface area contributed by atoms with Crippen LogP contribution in [0, 0.1) is 0 Å². The van der Waals surface area contributed by atoms with Crippen LogP contribution in [-0.4, -0.2) is 23.2 Å². The average molecular weight is 362 g/mol. The van der Waals surface area contributed by atoms with Gasteiger partial charge in [-0.2, -0.15) is 5.10 Å². The van der Waals surface area contributed by atoms with E-state index in [1.165, 1.54) is 6.21 Å². The maximum atomic E-state index is 12.7. The Balaban J connectivity index is 1.92. The van der Waals surface area contributed by atoms with E-state index in [0.29, 0.717) is 21.2 Å². The molecule has 0 aromatic heterocycles. The van der Waals surface area contributed by atoms with Crippen molar-refractivity contribution in [1.82, 2.24) is 10.3 Å². The lowest BCUT2D eigenvalue weighted by Gasteiger charge is -2.20. The quantitative estimate of drug-likeness (QED) is 0.667. The van der Waals surface area contributed by atoms with Crippen molar-refractivity contribution >= 4 is 41.4 Å². The lowest BCUT2D eigenvalue weighted by atomic mass is 9.92. The summed E-state index contributed by atoms with van der Waals surface area (Å²) < 4.78 is 0. The average Bonchev–Trinajstić information content (AvgIpc) is 2.79. The first-order valence-electron chi connectivity index (χ1n) is 7.14. The molecule has 1 fully saturated rings. The number of benzene rings is 2. The van der Waals surface area contributed by atoms with Crippen LogP contribution < -0.4 is 5.32 Å². The first-order chi connectivity index (χ1) is 11.4. The molecule has 1 saturated heterocycles. The zero-order valence-corrected chi connectivity index (χ0v) is 14.2. The smallest absolute Gasteiger partial charge is 0.318 e. The van der Waals surface area contributed by atoms with E-state index in [1.807, 2.05) is 6.07 Å². The molecule has 0 unspecified atom stereocenters. The van der Waals surface area contributed by atoms with Crippen LogP contribution in [0.1, 0.15) is 18.1 Å². The van der Waals surface area contributed by atoms with Crippen LogP contribution in [0.5, 0.6) is 0 Å². The van der Waals surface area contributed by atoms with E-state index >= 15 is 0 Å². The molecule has 0 aliphatic carbocycles. The number of halogens is 2. The van der Waals surface area contributed by atoms with Crippen molar-refractivity contribution in [2.75, 3.05) is 0 Å². The highest BCUT2D eigenvalue weighted by Crippen LogP contribution is 2.29. The van der Waals surface area contributed by atoms with Gasteiger partial charge in [-0.15, -0.1) is 5.01 Å². The number of carbonyl (C=O) groups excluding carboxylic acids is 2. The molecule has 1 atom stereocenters. The lowest BCUT2D eigenvalue weighted by Crippen LogP contribution is -2.40. The number of nitrogens with zero attached hydrogens (tertiary/aromatic N) is 2. The molecule has 1 aliphatic rings. The number of nitrogens with one attached hydrogen (secondary N) is 1. The third-order valence-corrected chi connectivity index (χ3v) is 4.48. The van der Waals surface area contributed by atoms with E-state index in [1.54, 1.807) is 49.4 Å². The maximum absolute atomic E-state index is 12.7. The van der Waals surface area contributed by atoms with Gasteiger partial charge in [0.25, 0.3) is 5.91 Å². The molecule has 1 N–H and O–H groups in total. The Labute approximate surface area is 148 Å². The van der Waals surface area contributed by atoms with Crippen LogP contribution in [0.25, 0.3) is 0 Å². The van der Waals surface area contributed by atoms with Crippen LogP contribution in [0.4, 0.5) is 4.79 Å². The highest BCUT2D eigenvalue weighted by Gasteiger charge is 2.49. The van der Waals surface area contributed by atoms with Gasteiger partial charge in [0, 0.05) is 5.56 Å². The van der Waals surface area contributed by atoms with Crippen molar-refractivity contribution in [2.24, 2.45) is 5.10 Å². The van der Waals surface area contributed by atoms with E-state index in [0.717, 1.165) is 5.01 Å². The highest BCUT2D eigenvalue weighted by atomic mass is 35.5. The zero-order chi connectivity index (χ0) is 17.3. The van der Waals surface area contributed by atoms with Gasteiger partial charge in [-0.3, -0.25) is 4.79 Å². The maximum Gasteiger partial charge on any atom is 0.346 e. The van der Waals surface area contributed by atoms with Crippen LogP contribution in [0.3, 0.4) is 0 Å². The molecular formula is C17H13Cl2N3O2. The summed E-state index contributed by atoms with van der Waals surface area (Å²) in [7, 11) is 0. The molecule has 24 heavy (non-hydrogen) atoms. The Hall–Kier alpha value is -2.37. The number of carbonyl (C=O) groups is 2. The topological polar surface area (TPSA) is 61.8 Å². The van der Waals surface area contributed by atoms with Crippen molar-refractivity contribution in [3.05, 3.63) is 69.7 Å². The minimum atomic E-state index is -1.17. The number of hydrogen-bond donors (Lipinski definition) is 1. The Morgan fingerprint density at radius 1 is 1.04 bits per heavy atom. The van der Waals surface area contributed by atoms with Crippen LogP contribution in [-0.2, 0) is 10.3 Å². The molecule has 3 rings (SSSR count). The molecule has 1 heterocycles. The van der Waals surface area contributed by atoms with E-state index in [4.69, 9.17) is 23.2 Å². The third kappa shape index (κ3) is 2.77. The van der Waals surface area contributed by atoms with Gasteiger partial charge in [-0.1, -0.05) is 59.6 Å². The van der Waals surface area contributed by atoms with Crippen molar-refractivity contribution in [2.45, 2.75) is 12.5 Å². The number of rotatable bonds is 3. The fourth-order valence-corrected chi connectivity index (χ4v) is 2.94. The Morgan fingerprint density at radius 2 is 1.67 bits per heavy atom. The summed E-state index contributed by atoms with van der Waals surface area (Å²) in [6.45, 7) is 1.64. The number of hydrogen-bond acceptors (Lipinski definition) is 3.